The normalized spacial score (nSPS) is 23.4. The minimum Gasteiger partial charge on any atom is -0.488 e. The number of hydrogen-bond donors (Lipinski definition) is 2. The summed E-state index contributed by atoms with van der Waals surface area (Å²) in [6.07, 6.45) is 4.52. The number of thioether (sulfide) groups is 1. The van der Waals surface area contributed by atoms with Gasteiger partial charge in [0, 0.05) is 37.1 Å². The van der Waals surface area contributed by atoms with Crippen LogP contribution in [0, 0.1) is 5.82 Å². The van der Waals surface area contributed by atoms with Gasteiger partial charge in [0.15, 0.2) is 11.6 Å². The van der Waals surface area contributed by atoms with E-state index in [1.165, 1.54) is 0 Å². The third-order valence-electron chi connectivity index (χ3n) is 5.68. The molecule has 1 aromatic heterocycles. The fourth-order valence-corrected chi connectivity index (χ4v) is 4.88. The average Bonchev–Trinajstić information content (AvgIpc) is 2.68. The van der Waals surface area contributed by atoms with Gasteiger partial charge < -0.3 is 15.6 Å². The molecule has 1 aromatic carbocycles. The first-order chi connectivity index (χ1) is 14.1. The van der Waals surface area contributed by atoms with E-state index in [4.69, 9.17) is 10.5 Å². The van der Waals surface area contributed by atoms with E-state index >= 15 is 0 Å². The maximum atomic E-state index is 14.5. The van der Waals surface area contributed by atoms with Crippen molar-refractivity contribution in [3.63, 3.8) is 0 Å². The molecule has 2 aromatic rings. The van der Waals surface area contributed by atoms with E-state index in [1.54, 1.807) is 24.5 Å². The molecule has 4 rings (SSSR count). The van der Waals surface area contributed by atoms with Crippen LogP contribution in [0.2, 0.25) is 0 Å². The Morgan fingerprint density at radius 1 is 1.21 bits per heavy atom. The standard InChI is InChI=1S/C21H27FN4O2S/c22-18-9-14(15-7-16(8-15)19-10-25-21(23)11-24-19)1-2-20(18)28-13-17(27)12-26-3-5-29-6-4-26/h1-2,9-11,15-17,27H,3-8,12-13H2,(H2,23,25). The Kier molecular flexibility index (Phi) is 6.52. The van der Waals surface area contributed by atoms with E-state index in [2.05, 4.69) is 14.9 Å². The molecule has 156 valence electrons. The van der Waals surface area contributed by atoms with Gasteiger partial charge in [0.2, 0.25) is 0 Å². The number of aliphatic hydroxyl groups is 1. The SMILES string of the molecule is Nc1cnc(C2CC(c3ccc(OCC(O)CN4CCSCC4)c(F)c3)C2)cn1. The number of hydrogen-bond acceptors (Lipinski definition) is 7. The molecule has 2 fully saturated rings. The molecule has 6 nitrogen and oxygen atoms in total. The van der Waals surface area contributed by atoms with Crippen molar-refractivity contribution in [3.8, 4) is 5.75 Å². The number of ether oxygens (including phenoxy) is 1. The van der Waals surface area contributed by atoms with E-state index in [1.807, 2.05) is 17.8 Å². The van der Waals surface area contributed by atoms with Gasteiger partial charge in [-0.2, -0.15) is 11.8 Å². The predicted octanol–water partition coefficient (Wildman–Crippen LogP) is 2.65. The number of halogens is 1. The van der Waals surface area contributed by atoms with Crippen LogP contribution in [-0.2, 0) is 0 Å². The van der Waals surface area contributed by atoms with Gasteiger partial charge in [-0.1, -0.05) is 6.07 Å². The summed E-state index contributed by atoms with van der Waals surface area (Å²) in [6.45, 7) is 2.63. The molecule has 1 saturated carbocycles. The third kappa shape index (κ3) is 5.18. The van der Waals surface area contributed by atoms with E-state index in [0.717, 1.165) is 48.7 Å². The molecule has 1 saturated heterocycles. The summed E-state index contributed by atoms with van der Waals surface area (Å²) in [7, 11) is 0. The quantitative estimate of drug-likeness (QED) is 0.715. The molecule has 2 aliphatic rings. The Hall–Kier alpha value is -1.90. The highest BCUT2D eigenvalue weighted by atomic mass is 32.2. The molecule has 0 spiro atoms. The summed E-state index contributed by atoms with van der Waals surface area (Å²) < 4.78 is 20.0. The first-order valence-corrected chi connectivity index (χ1v) is 11.2. The summed E-state index contributed by atoms with van der Waals surface area (Å²) >= 11 is 1.93. The molecule has 1 aliphatic heterocycles. The van der Waals surface area contributed by atoms with Gasteiger partial charge in [-0.05, 0) is 36.5 Å². The van der Waals surface area contributed by atoms with Crippen LogP contribution in [0.4, 0.5) is 10.2 Å². The summed E-state index contributed by atoms with van der Waals surface area (Å²) in [4.78, 5) is 10.6. The Bertz CT molecular complexity index is 811. The second-order valence-electron chi connectivity index (χ2n) is 7.80. The maximum absolute atomic E-state index is 14.5. The third-order valence-corrected chi connectivity index (χ3v) is 6.62. The highest BCUT2D eigenvalue weighted by molar-refractivity contribution is 7.99. The lowest BCUT2D eigenvalue weighted by Crippen LogP contribution is -2.40. The monoisotopic (exact) mass is 418 g/mol. The van der Waals surface area contributed by atoms with Crippen LogP contribution >= 0.6 is 11.8 Å². The van der Waals surface area contributed by atoms with Crippen molar-refractivity contribution >= 4 is 17.6 Å². The first-order valence-electron chi connectivity index (χ1n) is 10.1. The van der Waals surface area contributed by atoms with Crippen LogP contribution in [0.5, 0.6) is 5.75 Å². The van der Waals surface area contributed by atoms with Crippen LogP contribution in [0.15, 0.2) is 30.6 Å². The summed E-state index contributed by atoms with van der Waals surface area (Å²) in [5, 5.41) is 10.2. The van der Waals surface area contributed by atoms with Crippen LogP contribution < -0.4 is 10.5 Å². The van der Waals surface area contributed by atoms with Crippen LogP contribution in [0.3, 0.4) is 0 Å². The molecule has 0 amide bonds. The topological polar surface area (TPSA) is 84.5 Å². The lowest BCUT2D eigenvalue weighted by Gasteiger charge is -2.35. The molecular formula is C21H27FN4O2S. The lowest BCUT2D eigenvalue weighted by molar-refractivity contribution is 0.0700. The Labute approximate surface area is 174 Å². The first kappa shape index (κ1) is 20.4. The van der Waals surface area contributed by atoms with Gasteiger partial charge in [-0.15, -0.1) is 0 Å². The molecular weight excluding hydrogens is 391 g/mol. The Balaban J connectivity index is 1.26. The van der Waals surface area contributed by atoms with E-state index in [9.17, 15) is 9.50 Å². The zero-order chi connectivity index (χ0) is 20.2. The largest absolute Gasteiger partial charge is 0.488 e. The lowest BCUT2D eigenvalue weighted by atomic mass is 9.70. The smallest absolute Gasteiger partial charge is 0.165 e. The molecule has 0 bridgehead atoms. The fraction of sp³-hybridized carbons (Fsp3) is 0.524. The van der Waals surface area contributed by atoms with Crippen molar-refractivity contribution in [3.05, 3.63) is 47.7 Å². The van der Waals surface area contributed by atoms with Gasteiger partial charge in [-0.3, -0.25) is 9.88 Å². The van der Waals surface area contributed by atoms with Crippen LogP contribution in [-0.4, -0.2) is 63.8 Å². The number of aromatic nitrogens is 2. The molecule has 29 heavy (non-hydrogen) atoms. The van der Waals surface area contributed by atoms with E-state index in [-0.39, 0.29) is 18.2 Å². The van der Waals surface area contributed by atoms with Gasteiger partial charge in [0.25, 0.3) is 0 Å². The van der Waals surface area contributed by atoms with E-state index < -0.39 is 6.10 Å². The number of anilines is 1. The maximum Gasteiger partial charge on any atom is 0.165 e. The second-order valence-corrected chi connectivity index (χ2v) is 9.02. The highest BCUT2D eigenvalue weighted by Gasteiger charge is 2.33. The van der Waals surface area contributed by atoms with Gasteiger partial charge in [0.1, 0.15) is 18.5 Å². The zero-order valence-corrected chi connectivity index (χ0v) is 17.2. The van der Waals surface area contributed by atoms with Gasteiger partial charge >= 0.3 is 0 Å². The fourth-order valence-electron chi connectivity index (χ4n) is 3.90. The van der Waals surface area contributed by atoms with Crippen molar-refractivity contribution in [1.82, 2.24) is 14.9 Å². The number of β-amino-alcohol motifs (C(OH)–C–C–N with tert-alkyl or cyclic N) is 1. The predicted molar refractivity (Wildman–Crippen MR) is 113 cm³/mol. The minimum atomic E-state index is -0.620. The number of rotatable bonds is 7. The van der Waals surface area contributed by atoms with Crippen molar-refractivity contribution in [2.45, 2.75) is 30.8 Å². The number of nitrogens with two attached hydrogens (primary N) is 1. The average molecular weight is 419 g/mol. The van der Waals surface area contributed by atoms with Gasteiger partial charge in [-0.25, -0.2) is 9.37 Å². The van der Waals surface area contributed by atoms with Crippen molar-refractivity contribution in [1.29, 1.82) is 0 Å². The molecule has 3 N–H and O–H groups in total. The second kappa shape index (κ2) is 9.28. The zero-order valence-electron chi connectivity index (χ0n) is 16.3. The summed E-state index contributed by atoms with van der Waals surface area (Å²) in [5.41, 5.74) is 7.49. The van der Waals surface area contributed by atoms with Crippen LogP contribution in [0.1, 0.15) is 35.9 Å². The molecule has 1 atom stereocenters. The number of benzene rings is 1. The summed E-state index contributed by atoms with van der Waals surface area (Å²) in [6, 6.07) is 5.15. The molecule has 0 radical (unpaired) electrons. The minimum absolute atomic E-state index is 0.0984. The van der Waals surface area contributed by atoms with Crippen molar-refractivity contribution < 1.29 is 14.2 Å². The van der Waals surface area contributed by atoms with Gasteiger partial charge in [0.05, 0.1) is 18.1 Å². The number of nitrogens with zero attached hydrogens (tertiary/aromatic N) is 3. The van der Waals surface area contributed by atoms with Crippen molar-refractivity contribution in [2.24, 2.45) is 0 Å². The summed E-state index contributed by atoms with van der Waals surface area (Å²) in [5.74, 6) is 3.08. The molecule has 1 aliphatic carbocycles. The highest BCUT2D eigenvalue weighted by Crippen LogP contribution is 2.47. The van der Waals surface area contributed by atoms with E-state index in [0.29, 0.717) is 24.2 Å². The van der Waals surface area contributed by atoms with Crippen molar-refractivity contribution in [2.75, 3.05) is 43.5 Å². The number of aliphatic hydroxyl groups excluding tert-OH is 1. The Morgan fingerprint density at radius 2 is 2.00 bits per heavy atom. The van der Waals surface area contributed by atoms with Crippen LogP contribution in [0.25, 0.3) is 0 Å². The Morgan fingerprint density at radius 3 is 2.69 bits per heavy atom. The molecule has 2 heterocycles. The molecule has 1 unspecified atom stereocenters. The number of nitrogen functional groups attached to an aromatic ring is 1. The molecule has 8 heteroatoms.